The molecule has 1 saturated heterocycles. The van der Waals surface area contributed by atoms with Gasteiger partial charge in [-0.05, 0) is 25.8 Å². The van der Waals surface area contributed by atoms with Crippen molar-refractivity contribution in [2.75, 3.05) is 30.3 Å². The molecule has 1 aliphatic rings. The average molecular weight is 222 g/mol. The molecule has 0 unspecified atom stereocenters. The summed E-state index contributed by atoms with van der Waals surface area (Å²) in [4.78, 5) is 10.3. The van der Waals surface area contributed by atoms with Crippen molar-refractivity contribution in [2.24, 2.45) is 0 Å². The largest absolute Gasteiger partial charge is 0.378 e. The third-order valence-corrected chi connectivity index (χ3v) is 2.83. The molecule has 0 aromatic carbocycles. The molecular formula is C11H18N4O. The molecule has 2 heterocycles. The molecule has 16 heavy (non-hydrogen) atoms. The molecule has 88 valence electrons. The van der Waals surface area contributed by atoms with Gasteiger partial charge in [0.05, 0.1) is 6.10 Å². The molecule has 5 heteroatoms. The monoisotopic (exact) mass is 222 g/mol. The fourth-order valence-corrected chi connectivity index (χ4v) is 2.03. The number of hydrogen-bond acceptors (Lipinski definition) is 5. The lowest BCUT2D eigenvalue weighted by Gasteiger charge is -2.32. The van der Waals surface area contributed by atoms with Gasteiger partial charge in [0, 0.05) is 25.9 Å². The van der Waals surface area contributed by atoms with Gasteiger partial charge in [0.15, 0.2) is 0 Å². The summed E-state index contributed by atoms with van der Waals surface area (Å²) < 4.78 is 5.61. The van der Waals surface area contributed by atoms with Crippen LogP contribution in [0.25, 0.3) is 0 Å². The minimum Gasteiger partial charge on any atom is -0.378 e. The van der Waals surface area contributed by atoms with Crippen molar-refractivity contribution in [3.8, 4) is 0 Å². The van der Waals surface area contributed by atoms with E-state index in [1.165, 1.54) is 0 Å². The van der Waals surface area contributed by atoms with Crippen LogP contribution < -0.4 is 10.6 Å². The van der Waals surface area contributed by atoms with Crippen LogP contribution in [-0.2, 0) is 4.74 Å². The minimum absolute atomic E-state index is 0.337. The van der Waals surface area contributed by atoms with Crippen molar-refractivity contribution in [1.82, 2.24) is 9.97 Å². The second kappa shape index (κ2) is 5.12. The van der Waals surface area contributed by atoms with Crippen molar-refractivity contribution in [1.29, 1.82) is 0 Å². The van der Waals surface area contributed by atoms with Crippen molar-refractivity contribution >= 4 is 11.8 Å². The Hall–Kier alpha value is -1.36. The van der Waals surface area contributed by atoms with Crippen LogP contribution >= 0.6 is 0 Å². The summed E-state index contributed by atoms with van der Waals surface area (Å²) in [6, 6.07) is 1.90. The van der Waals surface area contributed by atoms with E-state index in [1.807, 2.05) is 13.0 Å². The van der Waals surface area contributed by atoms with E-state index in [-0.39, 0.29) is 0 Å². The fraction of sp³-hybridized carbons (Fsp3) is 0.636. The molecule has 1 aliphatic heterocycles. The number of piperidine rings is 1. The van der Waals surface area contributed by atoms with Gasteiger partial charge in [-0.15, -0.1) is 0 Å². The first-order valence-corrected chi connectivity index (χ1v) is 5.74. The van der Waals surface area contributed by atoms with Crippen LogP contribution in [0.5, 0.6) is 0 Å². The standard InChI is InChI=1S/C11H18N4O/c1-2-16-9-4-7-15(8-5-9)10-3-6-13-11(12)14-10/h3,6,9H,2,4-5,7-8H2,1H3,(H2,12,13,14). The van der Waals surface area contributed by atoms with Crippen molar-refractivity contribution in [2.45, 2.75) is 25.9 Å². The molecule has 1 aromatic rings. The Bertz CT molecular complexity index is 337. The van der Waals surface area contributed by atoms with Gasteiger partial charge in [0.25, 0.3) is 0 Å². The molecule has 0 aliphatic carbocycles. The predicted molar refractivity (Wildman–Crippen MR) is 63.3 cm³/mol. The molecule has 1 aromatic heterocycles. The zero-order valence-electron chi connectivity index (χ0n) is 9.59. The summed E-state index contributed by atoms with van der Waals surface area (Å²) in [6.45, 7) is 4.78. The second-order valence-corrected chi connectivity index (χ2v) is 3.91. The summed E-state index contributed by atoms with van der Waals surface area (Å²) in [5.74, 6) is 1.26. The van der Waals surface area contributed by atoms with E-state index in [2.05, 4.69) is 14.9 Å². The minimum atomic E-state index is 0.337. The van der Waals surface area contributed by atoms with Gasteiger partial charge in [-0.2, -0.15) is 4.98 Å². The van der Waals surface area contributed by atoms with Gasteiger partial charge in [0.2, 0.25) is 5.95 Å². The topological polar surface area (TPSA) is 64.3 Å². The summed E-state index contributed by atoms with van der Waals surface area (Å²) in [6.07, 6.45) is 4.21. The molecular weight excluding hydrogens is 204 g/mol. The molecule has 5 nitrogen and oxygen atoms in total. The molecule has 2 rings (SSSR count). The van der Waals surface area contributed by atoms with Crippen molar-refractivity contribution in [3.63, 3.8) is 0 Å². The van der Waals surface area contributed by atoms with Gasteiger partial charge < -0.3 is 15.4 Å². The fourth-order valence-electron chi connectivity index (χ4n) is 2.03. The highest BCUT2D eigenvalue weighted by Gasteiger charge is 2.20. The van der Waals surface area contributed by atoms with E-state index >= 15 is 0 Å². The highest BCUT2D eigenvalue weighted by molar-refractivity contribution is 5.41. The van der Waals surface area contributed by atoms with Gasteiger partial charge in [-0.1, -0.05) is 0 Å². The van der Waals surface area contributed by atoms with Gasteiger partial charge in [0.1, 0.15) is 5.82 Å². The van der Waals surface area contributed by atoms with Gasteiger partial charge in [-0.25, -0.2) is 4.98 Å². The van der Waals surface area contributed by atoms with Crippen LogP contribution in [0.4, 0.5) is 11.8 Å². The Morgan fingerprint density at radius 2 is 2.25 bits per heavy atom. The maximum absolute atomic E-state index is 5.61. The molecule has 0 bridgehead atoms. The van der Waals surface area contributed by atoms with Crippen LogP contribution in [0.1, 0.15) is 19.8 Å². The number of anilines is 2. The molecule has 0 atom stereocenters. The second-order valence-electron chi connectivity index (χ2n) is 3.91. The van der Waals surface area contributed by atoms with Crippen LogP contribution in [-0.4, -0.2) is 35.8 Å². The summed E-state index contributed by atoms with van der Waals surface area (Å²) in [7, 11) is 0. The van der Waals surface area contributed by atoms with E-state index < -0.39 is 0 Å². The van der Waals surface area contributed by atoms with Gasteiger partial charge >= 0.3 is 0 Å². The molecule has 1 fully saturated rings. The van der Waals surface area contributed by atoms with Gasteiger partial charge in [-0.3, -0.25) is 0 Å². The maximum Gasteiger partial charge on any atom is 0.221 e. The van der Waals surface area contributed by atoms with E-state index in [0.717, 1.165) is 38.4 Å². The zero-order valence-corrected chi connectivity index (χ0v) is 9.59. The molecule has 2 N–H and O–H groups in total. The van der Waals surface area contributed by atoms with Crippen molar-refractivity contribution < 1.29 is 4.74 Å². The number of ether oxygens (including phenoxy) is 1. The van der Waals surface area contributed by atoms with E-state index in [9.17, 15) is 0 Å². The number of nitrogen functional groups attached to an aromatic ring is 1. The first kappa shape index (κ1) is 11.1. The Morgan fingerprint density at radius 1 is 1.50 bits per heavy atom. The summed E-state index contributed by atoms with van der Waals surface area (Å²) >= 11 is 0. The number of nitrogens with zero attached hydrogens (tertiary/aromatic N) is 3. The number of nitrogens with two attached hydrogens (primary N) is 1. The maximum atomic E-state index is 5.61. The van der Waals surface area contributed by atoms with Crippen LogP contribution in [0.15, 0.2) is 12.3 Å². The van der Waals surface area contributed by atoms with Crippen LogP contribution in [0, 0.1) is 0 Å². The quantitative estimate of drug-likeness (QED) is 0.828. The highest BCUT2D eigenvalue weighted by Crippen LogP contribution is 2.19. The lowest BCUT2D eigenvalue weighted by molar-refractivity contribution is 0.0458. The lowest BCUT2D eigenvalue weighted by Crippen LogP contribution is -2.37. The lowest BCUT2D eigenvalue weighted by atomic mass is 10.1. The first-order chi connectivity index (χ1) is 7.79. The number of hydrogen-bond donors (Lipinski definition) is 1. The number of rotatable bonds is 3. The van der Waals surface area contributed by atoms with E-state index in [4.69, 9.17) is 10.5 Å². The van der Waals surface area contributed by atoms with Crippen molar-refractivity contribution in [3.05, 3.63) is 12.3 Å². The van der Waals surface area contributed by atoms with Crippen LogP contribution in [0.2, 0.25) is 0 Å². The molecule has 0 radical (unpaired) electrons. The Labute approximate surface area is 95.6 Å². The van der Waals surface area contributed by atoms with E-state index in [0.29, 0.717) is 12.1 Å². The van der Waals surface area contributed by atoms with E-state index in [1.54, 1.807) is 6.20 Å². The third kappa shape index (κ3) is 2.61. The Morgan fingerprint density at radius 3 is 2.88 bits per heavy atom. The Balaban J connectivity index is 1.94. The molecule has 0 spiro atoms. The normalized spacial score (nSPS) is 17.7. The van der Waals surface area contributed by atoms with Crippen LogP contribution in [0.3, 0.4) is 0 Å². The molecule has 0 saturated carbocycles. The highest BCUT2D eigenvalue weighted by atomic mass is 16.5. The molecule has 0 amide bonds. The average Bonchev–Trinajstić information content (AvgIpc) is 2.30. The Kier molecular flexibility index (Phi) is 3.56. The number of aromatic nitrogens is 2. The zero-order chi connectivity index (χ0) is 11.4. The predicted octanol–water partition coefficient (Wildman–Crippen LogP) is 1.06. The summed E-state index contributed by atoms with van der Waals surface area (Å²) in [5.41, 5.74) is 5.57. The SMILES string of the molecule is CCOC1CCN(c2ccnc(N)n2)CC1. The first-order valence-electron chi connectivity index (χ1n) is 5.74. The summed E-state index contributed by atoms with van der Waals surface area (Å²) in [5, 5.41) is 0. The third-order valence-electron chi connectivity index (χ3n) is 2.83. The smallest absolute Gasteiger partial charge is 0.221 e.